The van der Waals surface area contributed by atoms with Crippen LogP contribution < -0.4 is 19.5 Å². The molecule has 1 amide bonds. The quantitative estimate of drug-likeness (QED) is 0.713. The molecule has 2 aromatic carbocycles. The second kappa shape index (κ2) is 9.88. The van der Waals surface area contributed by atoms with E-state index in [1.54, 1.807) is 36.4 Å². The van der Waals surface area contributed by atoms with Gasteiger partial charge in [-0.3, -0.25) is 4.79 Å². The summed E-state index contributed by atoms with van der Waals surface area (Å²) in [6.07, 6.45) is 3.20. The fourth-order valence-electron chi connectivity index (χ4n) is 2.26. The molecule has 0 bridgehead atoms. The smallest absolute Gasteiger partial charge is 0.248 e. The van der Waals surface area contributed by atoms with Crippen molar-refractivity contribution < 1.29 is 19.0 Å². The minimum Gasteiger partial charge on any atom is -0.493 e. The van der Waals surface area contributed by atoms with Crippen molar-refractivity contribution >= 4 is 17.7 Å². The molecule has 0 heterocycles. The van der Waals surface area contributed by atoms with Crippen LogP contribution in [-0.2, 0) is 4.79 Å². The van der Waals surface area contributed by atoms with Crippen LogP contribution in [0.5, 0.6) is 17.2 Å². The summed E-state index contributed by atoms with van der Waals surface area (Å²) in [7, 11) is 1.52. The van der Waals surface area contributed by atoms with Crippen LogP contribution in [0.25, 0.3) is 6.08 Å². The van der Waals surface area contributed by atoms with Crippen LogP contribution in [0.2, 0.25) is 0 Å². The van der Waals surface area contributed by atoms with E-state index in [4.69, 9.17) is 19.5 Å². The van der Waals surface area contributed by atoms with E-state index in [0.29, 0.717) is 17.2 Å². The third-order valence-corrected chi connectivity index (χ3v) is 3.40. The van der Waals surface area contributed by atoms with Gasteiger partial charge in [0.05, 0.1) is 13.2 Å². The Kier molecular flexibility index (Phi) is 7.26. The van der Waals surface area contributed by atoms with E-state index in [2.05, 4.69) is 5.32 Å². The standard InChI is InChI=1S/C21H22N2O4/c1-15(2)27-18-8-6-17(7-9-18)23-21(24)11-5-16-4-10-19(26-13-12-22)20(14-16)25-3/h4-11,14-15H,13H2,1-3H3,(H,23,24)/b11-5+. The Bertz CT molecular complexity index is 836. The molecule has 0 aromatic heterocycles. The van der Waals surface area contributed by atoms with Crippen LogP contribution in [0.15, 0.2) is 48.5 Å². The van der Waals surface area contributed by atoms with Crippen molar-refractivity contribution in [3.05, 3.63) is 54.1 Å². The van der Waals surface area contributed by atoms with Gasteiger partial charge in [-0.15, -0.1) is 0 Å². The van der Waals surface area contributed by atoms with Gasteiger partial charge in [0, 0.05) is 11.8 Å². The summed E-state index contributed by atoms with van der Waals surface area (Å²) in [5.41, 5.74) is 1.45. The molecule has 6 nitrogen and oxygen atoms in total. The van der Waals surface area contributed by atoms with Crippen LogP contribution in [0.4, 0.5) is 5.69 Å². The van der Waals surface area contributed by atoms with E-state index < -0.39 is 0 Å². The molecule has 0 aliphatic heterocycles. The number of hydrogen-bond donors (Lipinski definition) is 1. The van der Waals surface area contributed by atoms with Crippen molar-refractivity contribution in [3.63, 3.8) is 0 Å². The fourth-order valence-corrected chi connectivity index (χ4v) is 2.26. The SMILES string of the molecule is COc1cc(/C=C/C(=O)Nc2ccc(OC(C)C)cc2)ccc1OCC#N. The molecule has 0 saturated heterocycles. The van der Waals surface area contributed by atoms with E-state index in [1.807, 2.05) is 32.0 Å². The van der Waals surface area contributed by atoms with Crippen LogP contribution in [0, 0.1) is 11.3 Å². The molecule has 27 heavy (non-hydrogen) atoms. The fraction of sp³-hybridized carbons (Fsp3) is 0.238. The predicted molar refractivity (Wildman–Crippen MR) is 104 cm³/mol. The Morgan fingerprint density at radius 2 is 1.93 bits per heavy atom. The number of carbonyl (C=O) groups is 1. The molecular formula is C21H22N2O4. The highest BCUT2D eigenvalue weighted by molar-refractivity contribution is 6.01. The lowest BCUT2D eigenvalue weighted by molar-refractivity contribution is -0.111. The lowest BCUT2D eigenvalue weighted by Crippen LogP contribution is -2.08. The first kappa shape index (κ1) is 19.9. The molecule has 6 heteroatoms. The summed E-state index contributed by atoms with van der Waals surface area (Å²) < 4.78 is 16.1. The Morgan fingerprint density at radius 1 is 1.19 bits per heavy atom. The average Bonchev–Trinajstić information content (AvgIpc) is 2.66. The monoisotopic (exact) mass is 366 g/mol. The lowest BCUT2D eigenvalue weighted by atomic mass is 10.2. The molecule has 0 aliphatic rings. The molecule has 0 saturated carbocycles. The summed E-state index contributed by atoms with van der Waals surface area (Å²) in [4.78, 5) is 12.1. The maximum Gasteiger partial charge on any atom is 0.248 e. The number of carbonyl (C=O) groups excluding carboxylic acids is 1. The van der Waals surface area contributed by atoms with Gasteiger partial charge in [-0.1, -0.05) is 6.07 Å². The van der Waals surface area contributed by atoms with Gasteiger partial charge in [0.1, 0.15) is 11.8 Å². The summed E-state index contributed by atoms with van der Waals surface area (Å²) in [6, 6.07) is 14.3. The third kappa shape index (κ3) is 6.40. The van der Waals surface area contributed by atoms with E-state index in [-0.39, 0.29) is 18.6 Å². The number of ether oxygens (including phenoxy) is 3. The maximum atomic E-state index is 12.1. The Balaban J connectivity index is 1.98. The number of rotatable bonds is 8. The third-order valence-electron chi connectivity index (χ3n) is 3.40. The molecule has 0 atom stereocenters. The zero-order chi connectivity index (χ0) is 19.6. The number of methoxy groups -OCH3 is 1. The van der Waals surface area contributed by atoms with Gasteiger partial charge in [-0.25, -0.2) is 0 Å². The van der Waals surface area contributed by atoms with Crippen LogP contribution in [0.1, 0.15) is 19.4 Å². The number of amides is 1. The van der Waals surface area contributed by atoms with Crippen molar-refractivity contribution in [3.8, 4) is 23.3 Å². The zero-order valence-electron chi connectivity index (χ0n) is 15.6. The van der Waals surface area contributed by atoms with Gasteiger partial charge >= 0.3 is 0 Å². The first-order valence-electron chi connectivity index (χ1n) is 8.45. The Morgan fingerprint density at radius 3 is 2.56 bits per heavy atom. The number of nitriles is 1. The zero-order valence-corrected chi connectivity index (χ0v) is 15.6. The molecule has 1 N–H and O–H groups in total. The van der Waals surface area contributed by atoms with E-state index >= 15 is 0 Å². The molecule has 2 rings (SSSR count). The summed E-state index contributed by atoms with van der Waals surface area (Å²) in [5.74, 6) is 1.47. The van der Waals surface area contributed by atoms with Gasteiger partial charge in [0.25, 0.3) is 0 Å². The van der Waals surface area contributed by atoms with Crippen LogP contribution >= 0.6 is 0 Å². The number of benzene rings is 2. The van der Waals surface area contributed by atoms with Gasteiger partial charge in [0.15, 0.2) is 18.1 Å². The molecular weight excluding hydrogens is 344 g/mol. The van der Waals surface area contributed by atoms with E-state index in [0.717, 1.165) is 11.3 Å². The molecule has 0 spiro atoms. The molecule has 0 aliphatic carbocycles. The number of hydrogen-bond acceptors (Lipinski definition) is 5. The Labute approximate surface area is 159 Å². The second-order valence-corrected chi connectivity index (χ2v) is 5.87. The van der Waals surface area contributed by atoms with Crippen LogP contribution in [0.3, 0.4) is 0 Å². The first-order valence-corrected chi connectivity index (χ1v) is 8.45. The highest BCUT2D eigenvalue weighted by Gasteiger charge is 2.05. The largest absolute Gasteiger partial charge is 0.493 e. The summed E-state index contributed by atoms with van der Waals surface area (Å²) in [5, 5.41) is 11.4. The maximum absolute atomic E-state index is 12.1. The van der Waals surface area contributed by atoms with Gasteiger partial charge in [-0.05, 0) is 61.9 Å². The van der Waals surface area contributed by atoms with E-state index in [9.17, 15) is 4.79 Å². The van der Waals surface area contributed by atoms with Gasteiger partial charge in [0.2, 0.25) is 5.91 Å². The number of nitrogens with one attached hydrogen (secondary N) is 1. The van der Waals surface area contributed by atoms with Crippen molar-refractivity contribution in [2.75, 3.05) is 19.0 Å². The van der Waals surface area contributed by atoms with Gasteiger partial charge in [-0.2, -0.15) is 5.26 Å². The lowest BCUT2D eigenvalue weighted by Gasteiger charge is -2.10. The topological polar surface area (TPSA) is 80.6 Å². The minimum atomic E-state index is -0.253. The summed E-state index contributed by atoms with van der Waals surface area (Å²) >= 11 is 0. The molecule has 0 fully saturated rings. The Hall–Kier alpha value is -3.46. The summed E-state index contributed by atoms with van der Waals surface area (Å²) in [6.45, 7) is 3.85. The van der Waals surface area contributed by atoms with Gasteiger partial charge < -0.3 is 19.5 Å². The van der Waals surface area contributed by atoms with Crippen LogP contribution in [-0.4, -0.2) is 25.7 Å². The van der Waals surface area contributed by atoms with Crippen molar-refractivity contribution in [2.45, 2.75) is 20.0 Å². The highest BCUT2D eigenvalue weighted by atomic mass is 16.5. The molecule has 2 aromatic rings. The molecule has 140 valence electrons. The predicted octanol–water partition coefficient (Wildman–Crippen LogP) is 4.04. The number of nitrogens with zero attached hydrogens (tertiary/aromatic N) is 1. The number of anilines is 1. The molecule has 0 radical (unpaired) electrons. The van der Waals surface area contributed by atoms with Crippen molar-refractivity contribution in [1.29, 1.82) is 5.26 Å². The van der Waals surface area contributed by atoms with Crippen molar-refractivity contribution in [1.82, 2.24) is 0 Å². The second-order valence-electron chi connectivity index (χ2n) is 5.87. The van der Waals surface area contributed by atoms with Crippen molar-refractivity contribution in [2.24, 2.45) is 0 Å². The first-order chi connectivity index (χ1) is 13.0. The highest BCUT2D eigenvalue weighted by Crippen LogP contribution is 2.28. The normalized spacial score (nSPS) is 10.5. The molecule has 0 unspecified atom stereocenters. The average molecular weight is 366 g/mol. The minimum absolute atomic E-state index is 0.0606. The van der Waals surface area contributed by atoms with E-state index in [1.165, 1.54) is 13.2 Å².